The molecule has 0 saturated carbocycles. The standard InChI is InChI=1S/C16H27ClN2/c1-5-12(3)11-19(6-2)16(10-18)15-8-7-14(17)9-13(15)4/h7-9,12,16H,5-6,10-11,18H2,1-4H3. The SMILES string of the molecule is CCC(C)CN(CC)C(CN)c1ccc(Cl)cc1C. The zero-order valence-electron chi connectivity index (χ0n) is 12.6. The molecule has 2 nitrogen and oxygen atoms in total. The minimum atomic E-state index is 0.288. The maximum Gasteiger partial charge on any atom is 0.0473 e. The summed E-state index contributed by atoms with van der Waals surface area (Å²) in [4.78, 5) is 2.48. The van der Waals surface area contributed by atoms with Crippen LogP contribution < -0.4 is 5.73 Å². The topological polar surface area (TPSA) is 29.3 Å². The van der Waals surface area contributed by atoms with Gasteiger partial charge in [0.05, 0.1) is 0 Å². The van der Waals surface area contributed by atoms with Crippen molar-refractivity contribution < 1.29 is 0 Å². The summed E-state index contributed by atoms with van der Waals surface area (Å²) in [6.45, 7) is 11.6. The number of hydrogen-bond donors (Lipinski definition) is 1. The number of nitrogens with zero attached hydrogens (tertiary/aromatic N) is 1. The van der Waals surface area contributed by atoms with Crippen LogP contribution in [0.3, 0.4) is 0 Å². The molecule has 0 saturated heterocycles. The number of hydrogen-bond acceptors (Lipinski definition) is 2. The molecule has 0 aromatic heterocycles. The molecule has 0 heterocycles. The van der Waals surface area contributed by atoms with Gasteiger partial charge in [-0.15, -0.1) is 0 Å². The average molecular weight is 283 g/mol. The highest BCUT2D eigenvalue weighted by molar-refractivity contribution is 6.30. The molecule has 1 aromatic rings. The van der Waals surface area contributed by atoms with Gasteiger partial charge in [0.15, 0.2) is 0 Å². The van der Waals surface area contributed by atoms with Crippen LogP contribution in [0.1, 0.15) is 44.4 Å². The predicted molar refractivity (Wildman–Crippen MR) is 84.7 cm³/mol. The van der Waals surface area contributed by atoms with Crippen molar-refractivity contribution >= 4 is 11.6 Å². The first-order chi connectivity index (χ1) is 9.03. The first-order valence-corrected chi connectivity index (χ1v) is 7.61. The molecule has 1 rings (SSSR count). The third kappa shape index (κ3) is 4.48. The van der Waals surface area contributed by atoms with Gasteiger partial charge in [-0.1, -0.05) is 44.9 Å². The summed E-state index contributed by atoms with van der Waals surface area (Å²) >= 11 is 6.04. The van der Waals surface area contributed by atoms with Crippen molar-refractivity contribution in [3.8, 4) is 0 Å². The molecular weight excluding hydrogens is 256 g/mol. The molecular formula is C16H27ClN2. The van der Waals surface area contributed by atoms with Crippen LogP contribution in [-0.2, 0) is 0 Å². The van der Waals surface area contributed by atoms with Gasteiger partial charge in [-0.25, -0.2) is 0 Å². The molecule has 0 aliphatic carbocycles. The maximum absolute atomic E-state index is 6.04. The van der Waals surface area contributed by atoms with Gasteiger partial charge >= 0.3 is 0 Å². The van der Waals surface area contributed by atoms with E-state index in [1.807, 2.05) is 12.1 Å². The Kier molecular flexibility index (Phi) is 6.84. The van der Waals surface area contributed by atoms with Crippen LogP contribution in [0.25, 0.3) is 0 Å². The third-order valence-electron chi connectivity index (χ3n) is 3.90. The van der Waals surface area contributed by atoms with Crippen molar-refractivity contribution in [3.63, 3.8) is 0 Å². The van der Waals surface area contributed by atoms with Crippen LogP contribution in [0.15, 0.2) is 18.2 Å². The lowest BCUT2D eigenvalue weighted by atomic mass is 9.98. The van der Waals surface area contributed by atoms with Gasteiger partial charge in [0, 0.05) is 24.2 Å². The number of halogens is 1. The van der Waals surface area contributed by atoms with Gasteiger partial charge in [0.1, 0.15) is 0 Å². The van der Waals surface area contributed by atoms with Crippen LogP contribution in [0, 0.1) is 12.8 Å². The number of nitrogens with two attached hydrogens (primary N) is 1. The smallest absolute Gasteiger partial charge is 0.0473 e. The maximum atomic E-state index is 6.04. The molecule has 2 N–H and O–H groups in total. The second kappa shape index (κ2) is 7.88. The lowest BCUT2D eigenvalue weighted by Gasteiger charge is -2.33. The van der Waals surface area contributed by atoms with Crippen LogP contribution in [0.4, 0.5) is 0 Å². The van der Waals surface area contributed by atoms with Gasteiger partial charge in [0.2, 0.25) is 0 Å². The lowest BCUT2D eigenvalue weighted by molar-refractivity contribution is 0.182. The summed E-state index contributed by atoms with van der Waals surface area (Å²) in [6.07, 6.45) is 1.20. The molecule has 0 aliphatic rings. The normalized spacial score (nSPS) is 14.7. The Bertz CT molecular complexity index is 392. The minimum absolute atomic E-state index is 0.288. The van der Waals surface area contributed by atoms with E-state index in [-0.39, 0.29) is 6.04 Å². The van der Waals surface area contributed by atoms with Gasteiger partial charge in [-0.2, -0.15) is 0 Å². The van der Waals surface area contributed by atoms with E-state index in [2.05, 4.69) is 38.7 Å². The number of aryl methyl sites for hydroxylation is 1. The van der Waals surface area contributed by atoms with Crippen LogP contribution in [0.5, 0.6) is 0 Å². The third-order valence-corrected chi connectivity index (χ3v) is 4.14. The van der Waals surface area contributed by atoms with Gasteiger partial charge in [-0.05, 0) is 42.6 Å². The van der Waals surface area contributed by atoms with Crippen LogP contribution >= 0.6 is 11.6 Å². The van der Waals surface area contributed by atoms with Crippen molar-refractivity contribution in [2.75, 3.05) is 19.6 Å². The fourth-order valence-corrected chi connectivity index (χ4v) is 2.72. The number of benzene rings is 1. The van der Waals surface area contributed by atoms with Crippen molar-refractivity contribution in [1.82, 2.24) is 4.90 Å². The van der Waals surface area contributed by atoms with Gasteiger partial charge in [-0.3, -0.25) is 4.90 Å². The molecule has 19 heavy (non-hydrogen) atoms. The van der Waals surface area contributed by atoms with Crippen molar-refractivity contribution in [2.45, 2.75) is 40.2 Å². The summed E-state index contributed by atoms with van der Waals surface area (Å²) in [7, 11) is 0. The summed E-state index contributed by atoms with van der Waals surface area (Å²) in [5, 5.41) is 0.794. The molecule has 2 atom stereocenters. The molecule has 3 heteroatoms. The molecule has 0 bridgehead atoms. The van der Waals surface area contributed by atoms with E-state index in [4.69, 9.17) is 17.3 Å². The predicted octanol–water partition coefficient (Wildman–Crippen LogP) is 4.02. The Morgan fingerprint density at radius 3 is 2.47 bits per heavy atom. The number of likely N-dealkylation sites (N-methyl/N-ethyl adjacent to an activating group) is 1. The summed E-state index contributed by atoms with van der Waals surface area (Å²) in [5.74, 6) is 0.696. The van der Waals surface area contributed by atoms with Gasteiger partial charge < -0.3 is 5.73 Å². The quantitative estimate of drug-likeness (QED) is 0.818. The highest BCUT2D eigenvalue weighted by atomic mass is 35.5. The largest absolute Gasteiger partial charge is 0.329 e. The fourth-order valence-electron chi connectivity index (χ4n) is 2.49. The van der Waals surface area contributed by atoms with E-state index < -0.39 is 0 Å². The second-order valence-corrected chi connectivity index (χ2v) is 5.79. The fraction of sp³-hybridized carbons (Fsp3) is 0.625. The Morgan fingerprint density at radius 1 is 1.32 bits per heavy atom. The molecule has 2 unspecified atom stereocenters. The van der Waals surface area contributed by atoms with E-state index in [9.17, 15) is 0 Å². The highest BCUT2D eigenvalue weighted by Gasteiger charge is 2.20. The summed E-state index contributed by atoms with van der Waals surface area (Å²) < 4.78 is 0. The van der Waals surface area contributed by atoms with E-state index in [0.717, 1.165) is 18.1 Å². The summed E-state index contributed by atoms with van der Waals surface area (Å²) in [6, 6.07) is 6.39. The molecule has 108 valence electrons. The monoisotopic (exact) mass is 282 g/mol. The molecule has 0 radical (unpaired) electrons. The summed E-state index contributed by atoms with van der Waals surface area (Å²) in [5.41, 5.74) is 8.56. The minimum Gasteiger partial charge on any atom is -0.329 e. The second-order valence-electron chi connectivity index (χ2n) is 5.35. The average Bonchev–Trinajstić information content (AvgIpc) is 2.40. The zero-order valence-corrected chi connectivity index (χ0v) is 13.4. The molecule has 0 fully saturated rings. The Morgan fingerprint density at radius 2 is 2.00 bits per heavy atom. The van der Waals surface area contributed by atoms with Crippen molar-refractivity contribution in [1.29, 1.82) is 0 Å². The first kappa shape index (κ1) is 16.5. The molecule has 0 amide bonds. The van der Waals surface area contributed by atoms with Crippen molar-refractivity contribution in [2.24, 2.45) is 11.7 Å². The van der Waals surface area contributed by atoms with E-state index in [1.54, 1.807) is 0 Å². The zero-order chi connectivity index (χ0) is 14.4. The van der Waals surface area contributed by atoms with Crippen LogP contribution in [0.2, 0.25) is 5.02 Å². The van der Waals surface area contributed by atoms with E-state index in [0.29, 0.717) is 12.5 Å². The molecule has 0 spiro atoms. The molecule has 0 aliphatic heterocycles. The first-order valence-electron chi connectivity index (χ1n) is 7.23. The van der Waals surface area contributed by atoms with Crippen molar-refractivity contribution in [3.05, 3.63) is 34.3 Å². The Balaban J connectivity index is 2.96. The highest BCUT2D eigenvalue weighted by Crippen LogP contribution is 2.26. The van der Waals surface area contributed by atoms with E-state index in [1.165, 1.54) is 17.5 Å². The van der Waals surface area contributed by atoms with Gasteiger partial charge in [0.25, 0.3) is 0 Å². The Labute approximate surface area is 122 Å². The Hall–Kier alpha value is -0.570. The lowest BCUT2D eigenvalue weighted by Crippen LogP contribution is -2.37. The molecule has 1 aromatic carbocycles. The van der Waals surface area contributed by atoms with E-state index >= 15 is 0 Å². The number of rotatable bonds is 7. The van der Waals surface area contributed by atoms with Crippen LogP contribution in [-0.4, -0.2) is 24.5 Å².